The lowest BCUT2D eigenvalue weighted by Crippen LogP contribution is -2.20. The number of nitrogens with one attached hydrogen (secondary N) is 1. The smallest absolute Gasteiger partial charge is 0.307 e. The van der Waals surface area contributed by atoms with Crippen LogP contribution in [0.3, 0.4) is 0 Å². The highest BCUT2D eigenvalue weighted by atomic mass is 16.5. The van der Waals surface area contributed by atoms with Crippen LogP contribution in [0.4, 0.5) is 0 Å². The quantitative estimate of drug-likeness (QED) is 0.720. The van der Waals surface area contributed by atoms with Gasteiger partial charge in [-0.2, -0.15) is 0 Å². The number of carboxylic acids is 1. The summed E-state index contributed by atoms with van der Waals surface area (Å²) in [6, 6.07) is 11.7. The van der Waals surface area contributed by atoms with Crippen LogP contribution in [0.25, 0.3) is 10.9 Å². The molecule has 0 amide bonds. The summed E-state index contributed by atoms with van der Waals surface area (Å²) in [5.41, 5.74) is 3.85. The monoisotopic (exact) mass is 367 g/mol. The number of ether oxygens (including phenoxy) is 3. The molecule has 0 aliphatic heterocycles. The summed E-state index contributed by atoms with van der Waals surface area (Å²) in [6.07, 6.45) is 0.482. The maximum Gasteiger partial charge on any atom is 0.307 e. The number of rotatable bonds is 5. The topological polar surface area (TPSA) is 80.8 Å². The molecular formula is C21H21NO5. The minimum atomic E-state index is -0.817. The van der Waals surface area contributed by atoms with Crippen LogP contribution in [0.5, 0.6) is 17.2 Å². The molecule has 3 aromatic rings. The molecule has 1 aromatic heterocycles. The first-order valence-electron chi connectivity index (χ1n) is 8.71. The van der Waals surface area contributed by atoms with Crippen LogP contribution in [0, 0.1) is 5.92 Å². The van der Waals surface area contributed by atoms with Crippen molar-refractivity contribution in [1.29, 1.82) is 0 Å². The van der Waals surface area contributed by atoms with Crippen LogP contribution < -0.4 is 14.2 Å². The van der Waals surface area contributed by atoms with E-state index in [9.17, 15) is 9.90 Å². The number of carbonyl (C=O) groups is 1. The van der Waals surface area contributed by atoms with Crippen LogP contribution in [-0.2, 0) is 11.2 Å². The molecular weight excluding hydrogens is 346 g/mol. The van der Waals surface area contributed by atoms with Crippen molar-refractivity contribution < 1.29 is 24.1 Å². The van der Waals surface area contributed by atoms with Crippen molar-refractivity contribution >= 4 is 16.9 Å². The van der Waals surface area contributed by atoms with Crippen molar-refractivity contribution in [3.63, 3.8) is 0 Å². The van der Waals surface area contributed by atoms with E-state index in [1.54, 1.807) is 21.3 Å². The minimum absolute atomic E-state index is 0.321. The summed E-state index contributed by atoms with van der Waals surface area (Å²) < 4.78 is 16.3. The lowest BCUT2D eigenvalue weighted by molar-refractivity contribution is -0.141. The van der Waals surface area contributed by atoms with E-state index in [-0.39, 0.29) is 5.92 Å². The lowest BCUT2D eigenvalue weighted by Gasteiger charge is -2.20. The van der Waals surface area contributed by atoms with Crippen molar-refractivity contribution in [1.82, 2.24) is 4.98 Å². The third kappa shape index (κ3) is 2.60. The Hall–Kier alpha value is -3.15. The Morgan fingerprint density at radius 1 is 1.07 bits per heavy atom. The van der Waals surface area contributed by atoms with Gasteiger partial charge in [0.05, 0.1) is 27.2 Å². The van der Waals surface area contributed by atoms with Crippen LogP contribution in [0.15, 0.2) is 36.4 Å². The molecule has 0 unspecified atom stereocenters. The summed E-state index contributed by atoms with van der Waals surface area (Å²) in [4.78, 5) is 15.5. The van der Waals surface area contributed by atoms with Gasteiger partial charge in [0.1, 0.15) is 0 Å². The molecule has 6 heteroatoms. The fourth-order valence-electron chi connectivity index (χ4n) is 4.15. The molecule has 0 saturated carbocycles. The van der Waals surface area contributed by atoms with Gasteiger partial charge in [0.25, 0.3) is 0 Å². The molecule has 27 heavy (non-hydrogen) atoms. The first-order valence-corrected chi connectivity index (χ1v) is 8.71. The molecule has 140 valence electrons. The number of hydrogen-bond donors (Lipinski definition) is 2. The molecule has 2 N–H and O–H groups in total. The van der Waals surface area contributed by atoms with Gasteiger partial charge in [-0.05, 0) is 35.7 Å². The zero-order chi connectivity index (χ0) is 19.1. The molecule has 0 radical (unpaired) electrons. The Labute approximate surface area is 156 Å². The predicted octanol–water partition coefficient (Wildman–Crippen LogP) is 3.58. The van der Waals surface area contributed by atoms with E-state index in [1.165, 1.54) is 0 Å². The standard InChI is InChI=1S/C21H21NO5/c1-25-16-8-11(9-17(26-2)20(16)27-3)18-14(21(23)24)10-13-12-6-4-5-7-15(12)22-19(13)18/h4-9,14,18,22H,10H2,1-3H3,(H,23,24)/t14-,18+/m1/s1. The number of aromatic amines is 1. The van der Waals surface area contributed by atoms with Gasteiger partial charge in [-0.15, -0.1) is 0 Å². The molecule has 2 aromatic carbocycles. The van der Waals surface area contributed by atoms with Crippen molar-refractivity contribution in [3.8, 4) is 17.2 Å². The molecule has 0 saturated heterocycles. The number of H-pyrrole nitrogens is 1. The Morgan fingerprint density at radius 2 is 1.74 bits per heavy atom. The molecule has 0 spiro atoms. The molecule has 0 fully saturated rings. The van der Waals surface area contributed by atoms with Gasteiger partial charge < -0.3 is 24.3 Å². The van der Waals surface area contributed by atoms with E-state index in [0.29, 0.717) is 23.7 Å². The van der Waals surface area contributed by atoms with Gasteiger partial charge >= 0.3 is 5.97 Å². The maximum atomic E-state index is 12.0. The Morgan fingerprint density at radius 3 is 2.33 bits per heavy atom. The Kier molecular flexibility index (Phi) is 4.18. The van der Waals surface area contributed by atoms with E-state index in [4.69, 9.17) is 14.2 Å². The summed E-state index contributed by atoms with van der Waals surface area (Å²) in [5, 5.41) is 10.9. The third-order valence-corrected chi connectivity index (χ3v) is 5.35. The number of fused-ring (bicyclic) bond motifs is 3. The Balaban J connectivity index is 1.93. The molecule has 1 aliphatic carbocycles. The molecule has 0 bridgehead atoms. The number of benzene rings is 2. The third-order valence-electron chi connectivity index (χ3n) is 5.35. The van der Waals surface area contributed by atoms with Gasteiger partial charge in [0, 0.05) is 22.5 Å². The normalized spacial score (nSPS) is 18.3. The highest BCUT2D eigenvalue weighted by molar-refractivity contribution is 5.88. The Bertz CT molecular complexity index is 998. The maximum absolute atomic E-state index is 12.0. The highest BCUT2D eigenvalue weighted by Gasteiger charge is 2.41. The summed E-state index contributed by atoms with van der Waals surface area (Å²) >= 11 is 0. The van der Waals surface area contributed by atoms with Crippen LogP contribution >= 0.6 is 0 Å². The first-order chi connectivity index (χ1) is 13.1. The van der Waals surface area contributed by atoms with Gasteiger partial charge in [-0.25, -0.2) is 0 Å². The van der Waals surface area contributed by atoms with Crippen molar-refractivity contribution in [3.05, 3.63) is 53.2 Å². The van der Waals surface area contributed by atoms with E-state index in [2.05, 4.69) is 4.98 Å². The predicted molar refractivity (Wildman–Crippen MR) is 101 cm³/mol. The zero-order valence-corrected chi connectivity index (χ0v) is 15.4. The average Bonchev–Trinajstić information content (AvgIpc) is 3.22. The van der Waals surface area contributed by atoms with E-state index >= 15 is 0 Å². The number of methoxy groups -OCH3 is 3. The second kappa shape index (κ2) is 6.54. The van der Waals surface area contributed by atoms with Crippen molar-refractivity contribution in [2.75, 3.05) is 21.3 Å². The van der Waals surface area contributed by atoms with Gasteiger partial charge in [-0.1, -0.05) is 18.2 Å². The average molecular weight is 367 g/mol. The lowest BCUT2D eigenvalue weighted by atomic mass is 9.87. The minimum Gasteiger partial charge on any atom is -0.493 e. The highest BCUT2D eigenvalue weighted by Crippen LogP contribution is 2.48. The number of carboxylic acid groups (broad SMARTS) is 1. The zero-order valence-electron chi connectivity index (χ0n) is 15.4. The summed E-state index contributed by atoms with van der Waals surface area (Å²) in [5.74, 6) is -0.175. The summed E-state index contributed by atoms with van der Waals surface area (Å²) in [6.45, 7) is 0. The first kappa shape index (κ1) is 17.3. The van der Waals surface area contributed by atoms with Gasteiger partial charge in [0.2, 0.25) is 5.75 Å². The van der Waals surface area contributed by atoms with E-state index in [1.807, 2.05) is 36.4 Å². The van der Waals surface area contributed by atoms with Crippen LogP contribution in [-0.4, -0.2) is 37.4 Å². The number of aromatic nitrogens is 1. The van der Waals surface area contributed by atoms with E-state index < -0.39 is 11.9 Å². The molecule has 6 nitrogen and oxygen atoms in total. The van der Waals surface area contributed by atoms with Gasteiger partial charge in [0.15, 0.2) is 11.5 Å². The van der Waals surface area contributed by atoms with E-state index in [0.717, 1.165) is 27.7 Å². The number of aliphatic carboxylic acids is 1. The molecule has 2 atom stereocenters. The SMILES string of the molecule is COc1cc([C@@H]2c3[nH]c4ccccc4c3C[C@H]2C(=O)O)cc(OC)c1OC. The fourth-order valence-corrected chi connectivity index (χ4v) is 4.15. The fraction of sp³-hybridized carbons (Fsp3) is 0.286. The van der Waals surface area contributed by atoms with Crippen molar-refractivity contribution in [2.24, 2.45) is 5.92 Å². The van der Waals surface area contributed by atoms with Gasteiger partial charge in [-0.3, -0.25) is 4.79 Å². The summed E-state index contributed by atoms with van der Waals surface area (Å²) in [7, 11) is 4.66. The second-order valence-electron chi connectivity index (χ2n) is 6.65. The number of para-hydroxylation sites is 1. The molecule has 4 rings (SSSR count). The van der Waals surface area contributed by atoms with Crippen molar-refractivity contribution in [2.45, 2.75) is 12.3 Å². The largest absolute Gasteiger partial charge is 0.493 e. The second-order valence-corrected chi connectivity index (χ2v) is 6.65. The van der Waals surface area contributed by atoms with Crippen LogP contribution in [0.1, 0.15) is 22.7 Å². The molecule has 1 aliphatic rings. The van der Waals surface area contributed by atoms with Crippen LogP contribution in [0.2, 0.25) is 0 Å². The molecule has 1 heterocycles. The number of hydrogen-bond acceptors (Lipinski definition) is 4.